The van der Waals surface area contributed by atoms with E-state index in [1.54, 1.807) is 19.2 Å². The third-order valence-electron chi connectivity index (χ3n) is 2.58. The van der Waals surface area contributed by atoms with Gasteiger partial charge in [0.2, 0.25) is 0 Å². The Kier molecular flexibility index (Phi) is 3.63. The summed E-state index contributed by atoms with van der Waals surface area (Å²) < 4.78 is 10.8. The first kappa shape index (κ1) is 12.6. The van der Waals surface area contributed by atoms with E-state index in [0.29, 0.717) is 16.5 Å². The number of halogens is 1. The van der Waals surface area contributed by atoms with Crippen LogP contribution in [0.2, 0.25) is 5.02 Å². The largest absolute Gasteiger partial charge is 0.497 e. The Labute approximate surface area is 111 Å². The second kappa shape index (κ2) is 5.19. The van der Waals surface area contributed by atoms with Crippen LogP contribution >= 0.6 is 11.6 Å². The lowest BCUT2D eigenvalue weighted by molar-refractivity contribution is 0.412. The number of rotatable bonds is 3. The van der Waals surface area contributed by atoms with E-state index < -0.39 is 0 Å². The maximum atomic E-state index is 5.97. The number of hydrogen-bond donors (Lipinski definition) is 1. The predicted molar refractivity (Wildman–Crippen MR) is 73.7 cm³/mol. The van der Waals surface area contributed by atoms with Crippen LogP contribution in [0.3, 0.4) is 0 Å². The van der Waals surface area contributed by atoms with Crippen molar-refractivity contribution < 1.29 is 9.47 Å². The maximum absolute atomic E-state index is 5.97. The highest BCUT2D eigenvalue weighted by Crippen LogP contribution is 2.32. The lowest BCUT2D eigenvalue weighted by Gasteiger charge is -2.11. The van der Waals surface area contributed by atoms with Crippen molar-refractivity contribution in [1.82, 2.24) is 0 Å². The molecule has 0 heterocycles. The summed E-state index contributed by atoms with van der Waals surface area (Å²) in [5.41, 5.74) is 7.21. The summed E-state index contributed by atoms with van der Waals surface area (Å²) in [4.78, 5) is 0. The van der Waals surface area contributed by atoms with Crippen LogP contribution < -0.4 is 15.2 Å². The zero-order valence-electron chi connectivity index (χ0n) is 10.2. The van der Waals surface area contributed by atoms with Gasteiger partial charge in [0.05, 0.1) is 17.8 Å². The summed E-state index contributed by atoms with van der Waals surface area (Å²) in [6, 6.07) is 10.9. The molecular formula is C14H14ClNO2. The van der Waals surface area contributed by atoms with Crippen LogP contribution in [0.5, 0.6) is 17.2 Å². The van der Waals surface area contributed by atoms with Gasteiger partial charge in [-0.05, 0) is 42.8 Å². The summed E-state index contributed by atoms with van der Waals surface area (Å²) >= 11 is 5.97. The number of hydrogen-bond acceptors (Lipinski definition) is 3. The van der Waals surface area contributed by atoms with Gasteiger partial charge in [-0.1, -0.05) is 11.6 Å². The molecule has 0 aliphatic rings. The minimum Gasteiger partial charge on any atom is -0.497 e. The van der Waals surface area contributed by atoms with Gasteiger partial charge in [-0.25, -0.2) is 0 Å². The van der Waals surface area contributed by atoms with E-state index in [2.05, 4.69) is 0 Å². The maximum Gasteiger partial charge on any atom is 0.131 e. The lowest BCUT2D eigenvalue weighted by atomic mass is 10.2. The molecule has 4 heteroatoms. The molecule has 0 amide bonds. The number of nitrogen functional groups attached to an aromatic ring is 1. The monoisotopic (exact) mass is 263 g/mol. The van der Waals surface area contributed by atoms with Gasteiger partial charge >= 0.3 is 0 Å². The molecule has 0 aliphatic carbocycles. The number of benzene rings is 2. The highest BCUT2D eigenvalue weighted by Gasteiger charge is 2.06. The van der Waals surface area contributed by atoms with E-state index in [-0.39, 0.29) is 0 Å². The SMILES string of the molecule is COc1ccc(Oc2cc(Cl)c(N)cc2C)cc1. The lowest BCUT2D eigenvalue weighted by Crippen LogP contribution is -1.92. The molecule has 3 nitrogen and oxygen atoms in total. The summed E-state index contributed by atoms with van der Waals surface area (Å²) in [7, 11) is 1.62. The van der Waals surface area contributed by atoms with Crippen LogP contribution in [0.25, 0.3) is 0 Å². The quantitative estimate of drug-likeness (QED) is 0.851. The smallest absolute Gasteiger partial charge is 0.131 e. The van der Waals surface area contributed by atoms with E-state index in [9.17, 15) is 0 Å². The normalized spacial score (nSPS) is 10.2. The van der Waals surface area contributed by atoms with E-state index >= 15 is 0 Å². The first-order valence-electron chi connectivity index (χ1n) is 5.47. The second-order valence-corrected chi connectivity index (χ2v) is 4.32. The zero-order chi connectivity index (χ0) is 13.1. The van der Waals surface area contributed by atoms with Crippen molar-refractivity contribution in [3.05, 3.63) is 47.0 Å². The summed E-state index contributed by atoms with van der Waals surface area (Å²) in [5, 5.41) is 0.490. The van der Waals surface area contributed by atoms with Gasteiger partial charge in [-0.15, -0.1) is 0 Å². The Morgan fingerprint density at radius 1 is 1.06 bits per heavy atom. The summed E-state index contributed by atoms with van der Waals surface area (Å²) in [6.45, 7) is 1.92. The highest BCUT2D eigenvalue weighted by atomic mass is 35.5. The Bertz CT molecular complexity index is 552. The molecule has 2 rings (SSSR count). The minimum absolute atomic E-state index is 0.490. The Morgan fingerprint density at radius 3 is 2.28 bits per heavy atom. The van der Waals surface area contributed by atoms with E-state index in [4.69, 9.17) is 26.8 Å². The number of anilines is 1. The van der Waals surface area contributed by atoms with Crippen molar-refractivity contribution in [2.24, 2.45) is 0 Å². The molecule has 0 saturated carbocycles. The van der Waals surface area contributed by atoms with Crippen LogP contribution in [-0.4, -0.2) is 7.11 Å². The average Bonchev–Trinajstić information content (AvgIpc) is 2.37. The standard InChI is InChI=1S/C14H14ClNO2/c1-9-7-13(16)12(15)8-14(9)18-11-5-3-10(17-2)4-6-11/h3-8H,16H2,1-2H3. The van der Waals surface area contributed by atoms with Crippen LogP contribution in [0.15, 0.2) is 36.4 Å². The molecule has 0 radical (unpaired) electrons. The van der Waals surface area contributed by atoms with Gasteiger partial charge in [0, 0.05) is 6.07 Å². The molecule has 0 fully saturated rings. The zero-order valence-corrected chi connectivity index (χ0v) is 11.0. The van der Waals surface area contributed by atoms with Gasteiger partial charge in [-0.2, -0.15) is 0 Å². The fourth-order valence-corrected chi connectivity index (χ4v) is 1.72. The molecule has 0 aromatic heterocycles. The molecule has 0 unspecified atom stereocenters. The molecule has 2 aromatic carbocycles. The molecule has 0 aliphatic heterocycles. The first-order chi connectivity index (χ1) is 8.60. The number of aryl methyl sites for hydroxylation is 1. The molecule has 0 saturated heterocycles. The van der Waals surface area contributed by atoms with Crippen LogP contribution in [0, 0.1) is 6.92 Å². The fourth-order valence-electron chi connectivity index (χ4n) is 1.57. The molecule has 0 spiro atoms. The van der Waals surface area contributed by atoms with Crippen molar-refractivity contribution in [1.29, 1.82) is 0 Å². The third-order valence-corrected chi connectivity index (χ3v) is 2.91. The van der Waals surface area contributed by atoms with Gasteiger partial charge in [0.15, 0.2) is 0 Å². The molecule has 94 valence electrons. The van der Waals surface area contributed by atoms with E-state index in [1.165, 1.54) is 0 Å². The van der Waals surface area contributed by atoms with Crippen LogP contribution in [0.4, 0.5) is 5.69 Å². The molecule has 2 N–H and O–H groups in total. The van der Waals surface area contributed by atoms with E-state index in [0.717, 1.165) is 17.1 Å². The molecule has 0 atom stereocenters. The number of methoxy groups -OCH3 is 1. The van der Waals surface area contributed by atoms with Gasteiger partial charge in [-0.3, -0.25) is 0 Å². The molecular weight excluding hydrogens is 250 g/mol. The van der Waals surface area contributed by atoms with Crippen molar-refractivity contribution in [2.75, 3.05) is 12.8 Å². The van der Waals surface area contributed by atoms with Gasteiger partial charge < -0.3 is 15.2 Å². The second-order valence-electron chi connectivity index (χ2n) is 3.92. The van der Waals surface area contributed by atoms with Gasteiger partial charge in [0.25, 0.3) is 0 Å². The van der Waals surface area contributed by atoms with Gasteiger partial charge in [0.1, 0.15) is 17.2 Å². The number of ether oxygens (including phenoxy) is 2. The van der Waals surface area contributed by atoms with Crippen molar-refractivity contribution in [3.63, 3.8) is 0 Å². The summed E-state index contributed by atoms with van der Waals surface area (Å²) in [6.07, 6.45) is 0. The third kappa shape index (κ3) is 2.68. The fraction of sp³-hybridized carbons (Fsp3) is 0.143. The highest BCUT2D eigenvalue weighted by molar-refractivity contribution is 6.33. The number of nitrogens with two attached hydrogens (primary N) is 1. The average molecular weight is 264 g/mol. The van der Waals surface area contributed by atoms with Crippen molar-refractivity contribution >= 4 is 17.3 Å². The van der Waals surface area contributed by atoms with Crippen molar-refractivity contribution in [3.8, 4) is 17.2 Å². The molecule has 0 bridgehead atoms. The predicted octanol–water partition coefficient (Wildman–Crippen LogP) is 4.03. The summed E-state index contributed by atoms with van der Waals surface area (Å²) in [5.74, 6) is 2.20. The van der Waals surface area contributed by atoms with Crippen molar-refractivity contribution in [2.45, 2.75) is 6.92 Å². The Balaban J connectivity index is 2.25. The van der Waals surface area contributed by atoms with Crippen LogP contribution in [-0.2, 0) is 0 Å². The van der Waals surface area contributed by atoms with E-state index in [1.807, 2.05) is 31.2 Å². The Morgan fingerprint density at radius 2 is 1.67 bits per heavy atom. The van der Waals surface area contributed by atoms with Crippen LogP contribution in [0.1, 0.15) is 5.56 Å². The first-order valence-corrected chi connectivity index (χ1v) is 5.85. The molecule has 18 heavy (non-hydrogen) atoms. The molecule has 2 aromatic rings. The minimum atomic E-state index is 0.490. The Hall–Kier alpha value is -1.87. The topological polar surface area (TPSA) is 44.5 Å².